The lowest BCUT2D eigenvalue weighted by molar-refractivity contribution is 0.0847. The molecule has 0 spiro atoms. The highest BCUT2D eigenvalue weighted by Gasteiger charge is 2.16. The van der Waals surface area contributed by atoms with Crippen molar-refractivity contribution in [3.8, 4) is 0 Å². The molecule has 0 aromatic heterocycles. The molecule has 132 valence electrons. The number of nitrogens with one attached hydrogen (secondary N) is 2. The van der Waals surface area contributed by atoms with E-state index >= 15 is 0 Å². The van der Waals surface area contributed by atoms with E-state index in [1.54, 1.807) is 12.1 Å². The van der Waals surface area contributed by atoms with Crippen LogP contribution >= 0.6 is 15.9 Å². The van der Waals surface area contributed by atoms with Crippen molar-refractivity contribution in [2.45, 2.75) is 20.8 Å². The Morgan fingerprint density at radius 1 is 0.769 bits per heavy atom. The van der Waals surface area contributed by atoms with Crippen LogP contribution in [0, 0.1) is 20.8 Å². The summed E-state index contributed by atoms with van der Waals surface area (Å²) in [4.78, 5) is 25.1. The van der Waals surface area contributed by atoms with Crippen LogP contribution < -0.4 is 10.9 Å². The Bertz CT molecular complexity index is 1020. The minimum atomic E-state index is -0.351. The lowest BCUT2D eigenvalue weighted by Gasteiger charge is -2.14. The largest absolute Gasteiger partial charge is 0.270 e. The van der Waals surface area contributed by atoms with Gasteiger partial charge in [0.15, 0.2) is 0 Å². The highest BCUT2D eigenvalue weighted by molar-refractivity contribution is 9.10. The lowest BCUT2D eigenvalue weighted by Crippen LogP contribution is -2.42. The van der Waals surface area contributed by atoms with Gasteiger partial charge in [0.05, 0.1) is 0 Å². The van der Waals surface area contributed by atoms with Crippen molar-refractivity contribution in [1.82, 2.24) is 10.9 Å². The first-order valence-electron chi connectivity index (χ1n) is 8.25. The number of carbonyl (C=O) groups is 2. The number of hydrazine groups is 1. The predicted octanol–water partition coefficient (Wildman–Crippen LogP) is 4.60. The summed E-state index contributed by atoms with van der Waals surface area (Å²) in [5.74, 6) is -0.699. The fourth-order valence-electron chi connectivity index (χ4n) is 2.91. The van der Waals surface area contributed by atoms with Crippen molar-refractivity contribution >= 4 is 38.5 Å². The molecule has 0 unspecified atom stereocenters. The van der Waals surface area contributed by atoms with Crippen molar-refractivity contribution in [2.24, 2.45) is 0 Å². The zero-order chi connectivity index (χ0) is 18.8. The SMILES string of the molecule is Cc1c(Br)cc(C(=O)NNC(=O)c2cccc3ccccc23)c(C)c1C. The predicted molar refractivity (Wildman–Crippen MR) is 107 cm³/mol. The van der Waals surface area contributed by atoms with Gasteiger partial charge in [-0.3, -0.25) is 20.4 Å². The van der Waals surface area contributed by atoms with Gasteiger partial charge in [0.2, 0.25) is 0 Å². The minimum absolute atomic E-state index is 0.347. The van der Waals surface area contributed by atoms with Gasteiger partial charge in [-0.15, -0.1) is 0 Å². The van der Waals surface area contributed by atoms with Gasteiger partial charge >= 0.3 is 0 Å². The molecule has 0 aliphatic carbocycles. The van der Waals surface area contributed by atoms with Gasteiger partial charge in [0.1, 0.15) is 0 Å². The van der Waals surface area contributed by atoms with Crippen molar-refractivity contribution < 1.29 is 9.59 Å². The van der Waals surface area contributed by atoms with Crippen molar-refractivity contribution in [1.29, 1.82) is 0 Å². The Morgan fingerprint density at radius 3 is 2.12 bits per heavy atom. The van der Waals surface area contributed by atoms with Crippen molar-refractivity contribution in [3.05, 3.63) is 80.8 Å². The number of fused-ring (bicyclic) bond motifs is 1. The van der Waals surface area contributed by atoms with Crippen LogP contribution in [0.3, 0.4) is 0 Å². The Morgan fingerprint density at radius 2 is 1.38 bits per heavy atom. The molecule has 0 fully saturated rings. The van der Waals surface area contributed by atoms with Crippen molar-refractivity contribution in [3.63, 3.8) is 0 Å². The molecule has 0 saturated carbocycles. The maximum atomic E-state index is 12.5. The van der Waals surface area contributed by atoms with Crippen LogP contribution in [0.2, 0.25) is 0 Å². The number of carbonyl (C=O) groups excluding carboxylic acids is 2. The third-order valence-electron chi connectivity index (χ3n) is 4.73. The third-order valence-corrected chi connectivity index (χ3v) is 5.55. The minimum Gasteiger partial charge on any atom is -0.267 e. The molecule has 0 aliphatic rings. The standard InChI is InChI=1S/C21H19BrN2O2/c1-12-13(2)18(11-19(22)14(12)3)21(26)24-23-20(25)17-10-6-8-15-7-4-5-9-16(15)17/h4-11H,1-3H3,(H,23,25)(H,24,26). The molecule has 3 aromatic carbocycles. The van der Waals surface area contributed by atoms with E-state index in [-0.39, 0.29) is 11.8 Å². The van der Waals surface area contributed by atoms with Gasteiger partial charge in [-0.1, -0.05) is 52.3 Å². The van der Waals surface area contributed by atoms with E-state index in [0.29, 0.717) is 11.1 Å². The molecule has 3 aromatic rings. The van der Waals surface area contributed by atoms with Gasteiger partial charge in [-0.05, 0) is 60.4 Å². The molecule has 0 aliphatic heterocycles. The van der Waals surface area contributed by atoms with E-state index in [2.05, 4.69) is 26.8 Å². The number of hydrogen-bond donors (Lipinski definition) is 2. The summed E-state index contributed by atoms with van der Waals surface area (Å²) >= 11 is 3.48. The maximum Gasteiger partial charge on any atom is 0.270 e. The number of halogens is 1. The molecule has 0 saturated heterocycles. The van der Waals surface area contributed by atoms with E-state index in [0.717, 1.165) is 31.9 Å². The molecule has 0 bridgehead atoms. The van der Waals surface area contributed by atoms with Crippen LogP contribution in [0.15, 0.2) is 53.0 Å². The molecular weight excluding hydrogens is 392 g/mol. The van der Waals surface area contributed by atoms with Crippen LogP contribution in [0.1, 0.15) is 37.4 Å². The number of rotatable bonds is 2. The summed E-state index contributed by atoms with van der Waals surface area (Å²) in [6.45, 7) is 5.87. The molecule has 3 rings (SSSR count). The Kier molecular flexibility index (Phi) is 5.09. The quantitative estimate of drug-likeness (QED) is 0.606. The molecular formula is C21H19BrN2O2. The van der Waals surface area contributed by atoms with Gasteiger partial charge in [-0.25, -0.2) is 0 Å². The van der Waals surface area contributed by atoms with Crippen LogP contribution in [0.4, 0.5) is 0 Å². The second-order valence-electron chi connectivity index (χ2n) is 6.22. The second-order valence-corrected chi connectivity index (χ2v) is 7.07. The van der Waals surface area contributed by atoms with Gasteiger partial charge < -0.3 is 0 Å². The van der Waals surface area contributed by atoms with E-state index in [1.165, 1.54) is 0 Å². The first-order chi connectivity index (χ1) is 12.4. The Labute approximate surface area is 160 Å². The van der Waals surface area contributed by atoms with Gasteiger partial charge in [-0.2, -0.15) is 0 Å². The molecule has 0 radical (unpaired) electrons. The van der Waals surface area contributed by atoms with E-state index in [1.807, 2.05) is 57.2 Å². The molecule has 2 amide bonds. The summed E-state index contributed by atoms with van der Waals surface area (Å²) in [6, 6.07) is 14.9. The molecule has 2 N–H and O–H groups in total. The summed E-state index contributed by atoms with van der Waals surface area (Å²) in [5.41, 5.74) is 9.11. The van der Waals surface area contributed by atoms with Gasteiger partial charge in [0.25, 0.3) is 11.8 Å². The lowest BCUT2D eigenvalue weighted by atomic mass is 9.98. The fourth-order valence-corrected chi connectivity index (χ4v) is 3.44. The first-order valence-corrected chi connectivity index (χ1v) is 9.04. The zero-order valence-electron chi connectivity index (χ0n) is 14.8. The first kappa shape index (κ1) is 18.1. The van der Waals surface area contributed by atoms with E-state index in [4.69, 9.17) is 0 Å². The molecule has 5 heteroatoms. The summed E-state index contributed by atoms with van der Waals surface area (Å²) in [5, 5.41) is 1.81. The second kappa shape index (κ2) is 7.30. The van der Waals surface area contributed by atoms with Crippen LogP contribution in [0.5, 0.6) is 0 Å². The number of amides is 2. The normalized spacial score (nSPS) is 10.6. The summed E-state index contributed by atoms with van der Waals surface area (Å²) < 4.78 is 0.867. The van der Waals surface area contributed by atoms with Crippen molar-refractivity contribution in [2.75, 3.05) is 0 Å². The summed E-state index contributed by atoms with van der Waals surface area (Å²) in [6.07, 6.45) is 0. The summed E-state index contributed by atoms with van der Waals surface area (Å²) in [7, 11) is 0. The zero-order valence-corrected chi connectivity index (χ0v) is 16.4. The van der Waals surface area contributed by atoms with Crippen LogP contribution in [-0.4, -0.2) is 11.8 Å². The molecule has 0 atom stereocenters. The number of benzene rings is 3. The Balaban J connectivity index is 1.81. The number of hydrogen-bond acceptors (Lipinski definition) is 2. The maximum absolute atomic E-state index is 12.5. The molecule has 4 nitrogen and oxygen atoms in total. The highest BCUT2D eigenvalue weighted by Crippen LogP contribution is 2.25. The van der Waals surface area contributed by atoms with Gasteiger partial charge in [0, 0.05) is 15.6 Å². The molecule has 26 heavy (non-hydrogen) atoms. The average molecular weight is 411 g/mol. The van der Waals surface area contributed by atoms with E-state index in [9.17, 15) is 9.59 Å². The smallest absolute Gasteiger partial charge is 0.267 e. The van der Waals surface area contributed by atoms with Crippen LogP contribution in [-0.2, 0) is 0 Å². The highest BCUT2D eigenvalue weighted by atomic mass is 79.9. The monoisotopic (exact) mass is 410 g/mol. The topological polar surface area (TPSA) is 58.2 Å². The molecule has 0 heterocycles. The fraction of sp³-hybridized carbons (Fsp3) is 0.143. The van der Waals surface area contributed by atoms with Crippen LogP contribution in [0.25, 0.3) is 10.8 Å². The third kappa shape index (κ3) is 3.35. The Hall–Kier alpha value is -2.66. The average Bonchev–Trinajstić information content (AvgIpc) is 2.66. The van der Waals surface area contributed by atoms with E-state index < -0.39 is 0 Å².